The molecule has 170 valence electrons. The molecule has 0 unspecified atom stereocenters. The van der Waals surface area contributed by atoms with Crippen LogP contribution in [0.4, 0.5) is 10.6 Å². The van der Waals surface area contributed by atoms with Gasteiger partial charge in [-0.3, -0.25) is 4.79 Å². The van der Waals surface area contributed by atoms with Crippen molar-refractivity contribution in [2.24, 2.45) is 0 Å². The summed E-state index contributed by atoms with van der Waals surface area (Å²) in [7, 11) is 0. The lowest BCUT2D eigenvalue weighted by Crippen LogP contribution is -2.39. The van der Waals surface area contributed by atoms with E-state index >= 15 is 0 Å². The summed E-state index contributed by atoms with van der Waals surface area (Å²) in [5.41, 5.74) is 2.28. The predicted octanol–water partition coefficient (Wildman–Crippen LogP) is 3.34. The summed E-state index contributed by atoms with van der Waals surface area (Å²) in [6.45, 7) is 8.20. The lowest BCUT2D eigenvalue weighted by molar-refractivity contribution is 0.0263. The van der Waals surface area contributed by atoms with Gasteiger partial charge in [0, 0.05) is 26.2 Å². The number of hydrogen-bond donors (Lipinski definition) is 1. The monoisotopic (exact) mass is 437 g/mol. The van der Waals surface area contributed by atoms with Crippen LogP contribution < -0.4 is 10.2 Å². The standard InChI is InChI=1S/C24H31N5O3/c1-24(2,3)32-23(31)29-12-6-11-28(13-14-29)21-16-25-20(15-26-21)22(30)27-19-10-9-17-7-4-5-8-18(17)19/h4-5,7-8,15-16,19H,6,9-14H2,1-3H3,(H,27,30)/t19-/m1/s1. The Morgan fingerprint density at radius 1 is 1.06 bits per heavy atom. The molecule has 1 saturated heterocycles. The van der Waals surface area contributed by atoms with Crippen molar-refractivity contribution >= 4 is 17.8 Å². The van der Waals surface area contributed by atoms with Gasteiger partial charge in [-0.2, -0.15) is 0 Å². The van der Waals surface area contributed by atoms with Crippen LogP contribution in [-0.4, -0.2) is 58.6 Å². The number of amides is 2. The molecule has 1 aliphatic heterocycles. The summed E-state index contributed by atoms with van der Waals surface area (Å²) in [6, 6.07) is 8.24. The third-order valence-corrected chi connectivity index (χ3v) is 5.78. The Kier molecular flexibility index (Phi) is 6.30. The van der Waals surface area contributed by atoms with E-state index in [9.17, 15) is 9.59 Å². The molecule has 2 amide bonds. The molecule has 0 spiro atoms. The van der Waals surface area contributed by atoms with Gasteiger partial charge in [-0.15, -0.1) is 0 Å². The normalized spacial score (nSPS) is 18.7. The van der Waals surface area contributed by atoms with E-state index in [-0.39, 0.29) is 18.0 Å². The van der Waals surface area contributed by atoms with Crippen LogP contribution in [-0.2, 0) is 11.2 Å². The molecule has 1 aromatic heterocycles. The van der Waals surface area contributed by atoms with Crippen LogP contribution in [0.3, 0.4) is 0 Å². The molecular formula is C24H31N5O3. The van der Waals surface area contributed by atoms with E-state index in [1.54, 1.807) is 11.1 Å². The van der Waals surface area contributed by atoms with Gasteiger partial charge in [0.2, 0.25) is 0 Å². The summed E-state index contributed by atoms with van der Waals surface area (Å²) in [5.74, 6) is 0.497. The maximum atomic E-state index is 12.7. The zero-order valence-corrected chi connectivity index (χ0v) is 19.0. The largest absolute Gasteiger partial charge is 0.444 e. The van der Waals surface area contributed by atoms with Crippen molar-refractivity contribution in [1.29, 1.82) is 0 Å². The first kappa shape index (κ1) is 22.0. The van der Waals surface area contributed by atoms with Crippen LogP contribution in [0.15, 0.2) is 36.7 Å². The molecule has 1 fully saturated rings. The van der Waals surface area contributed by atoms with Crippen molar-refractivity contribution in [2.45, 2.75) is 51.7 Å². The summed E-state index contributed by atoms with van der Waals surface area (Å²) in [6.07, 6.45) is 5.57. The van der Waals surface area contributed by atoms with Crippen LogP contribution in [0.25, 0.3) is 0 Å². The fourth-order valence-corrected chi connectivity index (χ4v) is 4.20. The van der Waals surface area contributed by atoms with Crippen LogP contribution in [0.1, 0.15) is 61.3 Å². The molecule has 8 heteroatoms. The number of aromatic nitrogens is 2. The molecule has 0 saturated carbocycles. The molecule has 0 bridgehead atoms. The van der Waals surface area contributed by atoms with Crippen LogP contribution in [0, 0.1) is 0 Å². The van der Waals surface area contributed by atoms with E-state index in [4.69, 9.17) is 4.74 Å². The summed E-state index contributed by atoms with van der Waals surface area (Å²) >= 11 is 0. The third kappa shape index (κ3) is 5.18. The number of benzene rings is 1. The number of fused-ring (bicyclic) bond motifs is 1. The van der Waals surface area contributed by atoms with Crippen molar-refractivity contribution < 1.29 is 14.3 Å². The second-order valence-electron chi connectivity index (χ2n) is 9.33. The van der Waals surface area contributed by atoms with Gasteiger partial charge in [0.15, 0.2) is 0 Å². The number of nitrogens with zero attached hydrogens (tertiary/aromatic N) is 4. The Hall–Kier alpha value is -3.16. The smallest absolute Gasteiger partial charge is 0.410 e. The summed E-state index contributed by atoms with van der Waals surface area (Å²) in [5, 5.41) is 3.08. The number of carbonyl (C=O) groups excluding carboxylic acids is 2. The average Bonchev–Trinajstić information content (AvgIpc) is 2.99. The molecule has 1 aromatic carbocycles. The topological polar surface area (TPSA) is 87.7 Å². The minimum Gasteiger partial charge on any atom is -0.444 e. The number of rotatable bonds is 3. The number of aryl methyl sites for hydroxylation is 1. The second-order valence-corrected chi connectivity index (χ2v) is 9.33. The lowest BCUT2D eigenvalue weighted by atomic mass is 10.1. The molecule has 2 aliphatic rings. The first-order valence-electron chi connectivity index (χ1n) is 11.2. The third-order valence-electron chi connectivity index (χ3n) is 5.78. The van der Waals surface area contributed by atoms with Gasteiger partial charge in [0.05, 0.1) is 18.4 Å². The summed E-state index contributed by atoms with van der Waals surface area (Å²) < 4.78 is 5.49. The highest BCUT2D eigenvalue weighted by molar-refractivity contribution is 5.92. The SMILES string of the molecule is CC(C)(C)OC(=O)N1CCCN(c2cnc(C(=O)N[C@@H]3CCc4ccccc43)cn2)CC1. The van der Waals surface area contributed by atoms with Gasteiger partial charge in [-0.1, -0.05) is 24.3 Å². The van der Waals surface area contributed by atoms with Gasteiger partial charge < -0.3 is 19.9 Å². The number of ether oxygens (including phenoxy) is 1. The Bertz CT molecular complexity index is 970. The Balaban J connectivity index is 1.34. The van der Waals surface area contributed by atoms with Gasteiger partial charge in [-0.05, 0) is 51.2 Å². The van der Waals surface area contributed by atoms with Crippen LogP contribution in [0.2, 0.25) is 0 Å². The highest BCUT2D eigenvalue weighted by atomic mass is 16.6. The fraction of sp³-hybridized carbons (Fsp3) is 0.500. The zero-order chi connectivity index (χ0) is 22.7. The highest BCUT2D eigenvalue weighted by Gasteiger charge is 2.26. The number of anilines is 1. The molecular weight excluding hydrogens is 406 g/mol. The van der Waals surface area contributed by atoms with E-state index in [1.807, 2.05) is 32.9 Å². The van der Waals surface area contributed by atoms with Gasteiger partial charge >= 0.3 is 6.09 Å². The first-order valence-corrected chi connectivity index (χ1v) is 11.2. The molecule has 1 aliphatic carbocycles. The van der Waals surface area contributed by atoms with Crippen molar-refractivity contribution in [3.63, 3.8) is 0 Å². The molecule has 4 rings (SSSR count). The molecule has 0 radical (unpaired) electrons. The number of hydrogen-bond acceptors (Lipinski definition) is 6. The van der Waals surface area contributed by atoms with E-state index in [0.29, 0.717) is 31.1 Å². The Morgan fingerprint density at radius 2 is 1.88 bits per heavy atom. The van der Waals surface area contributed by atoms with E-state index in [0.717, 1.165) is 25.8 Å². The predicted molar refractivity (Wildman–Crippen MR) is 122 cm³/mol. The molecule has 8 nitrogen and oxygen atoms in total. The van der Waals surface area contributed by atoms with Gasteiger partial charge in [0.1, 0.15) is 17.1 Å². The highest BCUT2D eigenvalue weighted by Crippen LogP contribution is 2.30. The van der Waals surface area contributed by atoms with Crippen molar-refractivity contribution in [3.8, 4) is 0 Å². The van der Waals surface area contributed by atoms with E-state index in [2.05, 4.69) is 32.3 Å². The number of carbonyl (C=O) groups is 2. The minimum atomic E-state index is -0.508. The lowest BCUT2D eigenvalue weighted by Gasteiger charge is -2.26. The number of nitrogens with one attached hydrogen (secondary N) is 1. The van der Waals surface area contributed by atoms with Crippen molar-refractivity contribution in [1.82, 2.24) is 20.2 Å². The maximum Gasteiger partial charge on any atom is 0.410 e. The van der Waals surface area contributed by atoms with E-state index < -0.39 is 5.60 Å². The fourth-order valence-electron chi connectivity index (χ4n) is 4.20. The van der Waals surface area contributed by atoms with E-state index in [1.165, 1.54) is 17.3 Å². The quantitative estimate of drug-likeness (QED) is 0.792. The zero-order valence-electron chi connectivity index (χ0n) is 19.0. The van der Waals surface area contributed by atoms with Gasteiger partial charge in [0.25, 0.3) is 5.91 Å². The maximum absolute atomic E-state index is 12.7. The average molecular weight is 438 g/mol. The van der Waals surface area contributed by atoms with Crippen molar-refractivity contribution in [3.05, 3.63) is 53.5 Å². The summed E-state index contributed by atoms with van der Waals surface area (Å²) in [4.78, 5) is 37.7. The van der Waals surface area contributed by atoms with Crippen LogP contribution >= 0.6 is 0 Å². The minimum absolute atomic E-state index is 0.0182. The molecule has 2 heterocycles. The first-order chi connectivity index (χ1) is 15.3. The molecule has 2 aromatic rings. The Morgan fingerprint density at radius 3 is 2.62 bits per heavy atom. The van der Waals surface area contributed by atoms with Crippen molar-refractivity contribution in [2.75, 3.05) is 31.1 Å². The second kappa shape index (κ2) is 9.14. The van der Waals surface area contributed by atoms with Crippen LogP contribution in [0.5, 0.6) is 0 Å². The molecule has 1 atom stereocenters. The Labute approximate surface area is 189 Å². The molecule has 1 N–H and O–H groups in total. The van der Waals surface area contributed by atoms with Gasteiger partial charge in [-0.25, -0.2) is 14.8 Å². The molecule has 32 heavy (non-hydrogen) atoms.